The number of aromatic amines is 1. The number of nitrogens with one attached hydrogen (secondary N) is 1. The summed E-state index contributed by atoms with van der Waals surface area (Å²) in [6.45, 7) is 6.23. The van der Waals surface area contributed by atoms with Crippen molar-refractivity contribution in [1.82, 2.24) is 34.4 Å². The molecule has 3 aromatic rings. The lowest BCUT2D eigenvalue weighted by atomic mass is 9.95. The number of likely N-dealkylation sites (tertiary alicyclic amines) is 1. The molecule has 0 radical (unpaired) electrons. The third-order valence-corrected chi connectivity index (χ3v) is 5.28. The standard InChI is InChI=1S/C19H25N7O/c1-2-26-17(20-14-21-26)13-24-10-8-16(9-11-24)18-22-23-19(27)25(18)12-15-6-4-3-5-7-15/h3-7,14,16H,2,8-13H2,1H3,(H,23,27). The molecule has 1 aliphatic heterocycles. The van der Waals surface area contributed by atoms with Crippen LogP contribution in [0.15, 0.2) is 41.5 Å². The van der Waals surface area contributed by atoms with Gasteiger partial charge >= 0.3 is 5.69 Å². The van der Waals surface area contributed by atoms with Crippen LogP contribution >= 0.6 is 0 Å². The van der Waals surface area contributed by atoms with Crippen LogP contribution < -0.4 is 5.69 Å². The van der Waals surface area contributed by atoms with Gasteiger partial charge in [-0.25, -0.2) is 19.6 Å². The van der Waals surface area contributed by atoms with Crippen molar-refractivity contribution in [3.63, 3.8) is 0 Å². The van der Waals surface area contributed by atoms with Gasteiger partial charge in [0.05, 0.1) is 13.1 Å². The molecule has 0 spiro atoms. The van der Waals surface area contributed by atoms with Gasteiger partial charge in [-0.15, -0.1) is 0 Å². The van der Waals surface area contributed by atoms with Crippen LogP contribution in [0.1, 0.15) is 42.9 Å². The molecule has 8 heteroatoms. The molecule has 3 heterocycles. The first-order chi connectivity index (χ1) is 13.2. The van der Waals surface area contributed by atoms with Gasteiger partial charge in [0.1, 0.15) is 18.0 Å². The Bertz CT molecular complexity index is 919. The molecule has 0 amide bonds. The Morgan fingerprint density at radius 1 is 1.15 bits per heavy atom. The topological polar surface area (TPSA) is 84.6 Å². The Morgan fingerprint density at radius 2 is 1.93 bits per heavy atom. The molecule has 2 aromatic heterocycles. The first kappa shape index (κ1) is 17.7. The Balaban J connectivity index is 1.42. The van der Waals surface area contributed by atoms with Crippen molar-refractivity contribution in [1.29, 1.82) is 0 Å². The molecule has 1 fully saturated rings. The van der Waals surface area contributed by atoms with Crippen LogP contribution in [0.4, 0.5) is 0 Å². The molecule has 0 bridgehead atoms. The van der Waals surface area contributed by atoms with Gasteiger partial charge < -0.3 is 0 Å². The molecule has 27 heavy (non-hydrogen) atoms. The zero-order chi connectivity index (χ0) is 18.6. The molecular formula is C19H25N7O. The number of H-pyrrole nitrogens is 1. The summed E-state index contributed by atoms with van der Waals surface area (Å²) in [5.41, 5.74) is 0.978. The molecule has 8 nitrogen and oxygen atoms in total. The highest BCUT2D eigenvalue weighted by Gasteiger charge is 2.26. The third-order valence-electron chi connectivity index (χ3n) is 5.28. The van der Waals surface area contributed by atoms with Crippen molar-refractivity contribution in [2.24, 2.45) is 0 Å². The average Bonchev–Trinajstić information content (AvgIpc) is 3.30. The summed E-state index contributed by atoms with van der Waals surface area (Å²) in [6.07, 6.45) is 3.59. The van der Waals surface area contributed by atoms with E-state index in [-0.39, 0.29) is 5.69 Å². The number of aryl methyl sites for hydroxylation is 1. The predicted octanol–water partition coefficient (Wildman–Crippen LogP) is 1.61. The molecule has 4 rings (SSSR count). The van der Waals surface area contributed by atoms with E-state index >= 15 is 0 Å². The second-order valence-electron chi connectivity index (χ2n) is 7.00. The highest BCUT2D eigenvalue weighted by atomic mass is 16.1. The normalized spacial score (nSPS) is 16.0. The zero-order valence-corrected chi connectivity index (χ0v) is 15.6. The lowest BCUT2D eigenvalue weighted by Gasteiger charge is -2.31. The molecule has 0 atom stereocenters. The third kappa shape index (κ3) is 3.85. The lowest BCUT2D eigenvalue weighted by molar-refractivity contribution is 0.193. The second kappa shape index (κ2) is 7.87. The largest absolute Gasteiger partial charge is 0.343 e. The van der Waals surface area contributed by atoms with Gasteiger partial charge in [-0.05, 0) is 38.4 Å². The van der Waals surface area contributed by atoms with E-state index in [0.717, 1.165) is 56.2 Å². The highest BCUT2D eigenvalue weighted by Crippen LogP contribution is 2.26. The number of piperidine rings is 1. The van der Waals surface area contributed by atoms with Crippen LogP contribution in [0.2, 0.25) is 0 Å². The molecule has 0 aliphatic carbocycles. The van der Waals surface area contributed by atoms with Gasteiger partial charge in [-0.3, -0.25) is 9.47 Å². The van der Waals surface area contributed by atoms with Crippen molar-refractivity contribution in [3.8, 4) is 0 Å². The molecule has 1 aliphatic rings. The zero-order valence-electron chi connectivity index (χ0n) is 15.6. The van der Waals surface area contributed by atoms with Crippen LogP contribution in [-0.2, 0) is 19.6 Å². The van der Waals surface area contributed by atoms with Crippen molar-refractivity contribution in [2.45, 2.75) is 45.3 Å². The van der Waals surface area contributed by atoms with Gasteiger partial charge in [0, 0.05) is 12.5 Å². The van der Waals surface area contributed by atoms with Crippen molar-refractivity contribution in [3.05, 3.63) is 64.4 Å². The molecule has 1 N–H and O–H groups in total. The molecule has 1 aromatic carbocycles. The van der Waals surface area contributed by atoms with E-state index in [0.29, 0.717) is 12.5 Å². The number of hydrogen-bond donors (Lipinski definition) is 1. The maximum absolute atomic E-state index is 12.3. The Morgan fingerprint density at radius 3 is 2.67 bits per heavy atom. The van der Waals surface area contributed by atoms with E-state index < -0.39 is 0 Å². The van der Waals surface area contributed by atoms with Crippen LogP contribution in [0.3, 0.4) is 0 Å². The molecular weight excluding hydrogens is 342 g/mol. The average molecular weight is 367 g/mol. The first-order valence-electron chi connectivity index (χ1n) is 9.52. The molecule has 1 saturated heterocycles. The summed E-state index contributed by atoms with van der Waals surface area (Å²) < 4.78 is 3.72. The second-order valence-corrected chi connectivity index (χ2v) is 7.00. The minimum absolute atomic E-state index is 0.132. The minimum atomic E-state index is -0.132. The Hall–Kier alpha value is -2.74. The number of benzene rings is 1. The summed E-state index contributed by atoms with van der Waals surface area (Å²) in [4.78, 5) is 19.0. The summed E-state index contributed by atoms with van der Waals surface area (Å²) in [5.74, 6) is 2.19. The summed E-state index contributed by atoms with van der Waals surface area (Å²) in [5, 5.41) is 11.2. The molecule has 0 unspecified atom stereocenters. The fourth-order valence-electron chi connectivity index (χ4n) is 3.78. The smallest absolute Gasteiger partial charge is 0.296 e. The quantitative estimate of drug-likeness (QED) is 0.715. The fourth-order valence-corrected chi connectivity index (χ4v) is 3.78. The van der Waals surface area contributed by atoms with Crippen LogP contribution in [0.25, 0.3) is 0 Å². The Kier molecular flexibility index (Phi) is 5.15. The summed E-state index contributed by atoms with van der Waals surface area (Å²) >= 11 is 0. The van der Waals surface area contributed by atoms with Gasteiger partial charge in [-0.1, -0.05) is 30.3 Å². The summed E-state index contributed by atoms with van der Waals surface area (Å²) in [6, 6.07) is 10.0. The van der Waals surface area contributed by atoms with Crippen molar-refractivity contribution >= 4 is 0 Å². The number of rotatable bonds is 6. The molecule has 0 saturated carbocycles. The van der Waals surface area contributed by atoms with Gasteiger partial charge in [0.25, 0.3) is 0 Å². The Labute approximate surface area is 157 Å². The van der Waals surface area contributed by atoms with E-state index in [1.165, 1.54) is 0 Å². The molecule has 142 valence electrons. The maximum atomic E-state index is 12.3. The van der Waals surface area contributed by atoms with Gasteiger partial charge in [0.2, 0.25) is 0 Å². The van der Waals surface area contributed by atoms with Crippen molar-refractivity contribution in [2.75, 3.05) is 13.1 Å². The van der Waals surface area contributed by atoms with E-state index in [9.17, 15) is 4.79 Å². The van der Waals surface area contributed by atoms with Gasteiger partial charge in [-0.2, -0.15) is 10.2 Å². The first-order valence-corrected chi connectivity index (χ1v) is 9.52. The fraction of sp³-hybridized carbons (Fsp3) is 0.474. The van der Waals surface area contributed by atoms with E-state index in [4.69, 9.17) is 0 Å². The lowest BCUT2D eigenvalue weighted by Crippen LogP contribution is -2.34. The minimum Gasteiger partial charge on any atom is -0.296 e. The van der Waals surface area contributed by atoms with Crippen LogP contribution in [0.5, 0.6) is 0 Å². The monoisotopic (exact) mass is 367 g/mol. The van der Waals surface area contributed by atoms with E-state index in [1.54, 1.807) is 10.9 Å². The van der Waals surface area contributed by atoms with E-state index in [2.05, 4.69) is 32.1 Å². The SMILES string of the molecule is CCn1ncnc1CN1CCC(c2n[nH]c(=O)n2Cc2ccccc2)CC1. The number of hydrogen-bond acceptors (Lipinski definition) is 5. The number of nitrogens with zero attached hydrogens (tertiary/aromatic N) is 6. The highest BCUT2D eigenvalue weighted by molar-refractivity contribution is 5.16. The van der Waals surface area contributed by atoms with Crippen LogP contribution in [-0.4, -0.2) is 47.5 Å². The number of aromatic nitrogens is 6. The van der Waals surface area contributed by atoms with E-state index in [1.807, 2.05) is 35.0 Å². The maximum Gasteiger partial charge on any atom is 0.343 e. The van der Waals surface area contributed by atoms with Gasteiger partial charge in [0.15, 0.2) is 0 Å². The van der Waals surface area contributed by atoms with Crippen LogP contribution in [0, 0.1) is 0 Å². The summed E-state index contributed by atoms with van der Waals surface area (Å²) in [7, 11) is 0. The predicted molar refractivity (Wildman–Crippen MR) is 101 cm³/mol. The van der Waals surface area contributed by atoms with Crippen molar-refractivity contribution < 1.29 is 0 Å².